The Morgan fingerprint density at radius 2 is 2.00 bits per heavy atom. The maximum atomic E-state index is 11.9. The maximum Gasteiger partial charge on any atom is 0.251 e. The number of aryl methyl sites for hydroxylation is 1. The molecule has 0 aliphatic rings. The summed E-state index contributed by atoms with van der Waals surface area (Å²) in [4.78, 5) is 11.9. The van der Waals surface area contributed by atoms with Gasteiger partial charge in [0, 0.05) is 12.1 Å². The minimum atomic E-state index is -0.0607. The molecule has 0 saturated carbocycles. The first-order valence-electron chi connectivity index (χ1n) is 5.96. The number of hydrogen-bond acceptors (Lipinski definition) is 1. The summed E-state index contributed by atoms with van der Waals surface area (Å²) in [5.41, 5.74) is 2.85. The van der Waals surface area contributed by atoms with Crippen molar-refractivity contribution in [3.63, 3.8) is 0 Å². The van der Waals surface area contributed by atoms with Crippen LogP contribution in [0, 0.1) is 6.92 Å². The van der Waals surface area contributed by atoms with E-state index < -0.39 is 0 Å². The van der Waals surface area contributed by atoms with E-state index in [4.69, 9.17) is 0 Å². The van der Waals surface area contributed by atoms with Gasteiger partial charge in [0.05, 0.1) is 0 Å². The number of nitrogens with one attached hydrogen (secondary N) is 1. The molecule has 94 valence electrons. The molecular formula is C16H19NO. The molecule has 0 aliphatic heterocycles. The van der Waals surface area contributed by atoms with Crippen LogP contribution in [-0.4, -0.2) is 12.5 Å². The van der Waals surface area contributed by atoms with Crippen molar-refractivity contribution in [2.75, 3.05) is 6.54 Å². The highest BCUT2D eigenvalue weighted by Crippen LogP contribution is 2.03. The Kier molecular flexibility index (Phi) is 5.65. The lowest BCUT2D eigenvalue weighted by Gasteiger charge is -2.06. The summed E-state index contributed by atoms with van der Waals surface area (Å²) in [6.07, 6.45) is 7.49. The molecule has 0 spiro atoms. The molecule has 0 saturated heterocycles. The predicted molar refractivity (Wildman–Crippen MR) is 76.6 cm³/mol. The van der Waals surface area contributed by atoms with Gasteiger partial charge in [-0.3, -0.25) is 4.79 Å². The predicted octanol–water partition coefficient (Wildman–Crippen LogP) is 3.41. The van der Waals surface area contributed by atoms with Gasteiger partial charge in [0.25, 0.3) is 5.91 Å². The van der Waals surface area contributed by atoms with Crippen molar-refractivity contribution in [2.45, 2.75) is 13.8 Å². The van der Waals surface area contributed by atoms with Gasteiger partial charge in [-0.15, -0.1) is 0 Å². The Morgan fingerprint density at radius 3 is 2.56 bits per heavy atom. The van der Waals surface area contributed by atoms with Crippen LogP contribution in [0.15, 0.2) is 60.7 Å². The molecule has 0 aliphatic carbocycles. The van der Waals surface area contributed by atoms with E-state index >= 15 is 0 Å². The molecule has 2 heteroatoms. The number of benzene rings is 1. The van der Waals surface area contributed by atoms with Crippen molar-refractivity contribution < 1.29 is 4.79 Å². The molecule has 18 heavy (non-hydrogen) atoms. The number of carbonyl (C=O) groups is 1. The molecule has 0 heterocycles. The third-order valence-electron chi connectivity index (χ3n) is 2.48. The molecule has 0 fully saturated rings. The molecular weight excluding hydrogens is 222 g/mol. The van der Waals surface area contributed by atoms with Crippen molar-refractivity contribution in [1.29, 1.82) is 0 Å². The Bertz CT molecular complexity index is 466. The van der Waals surface area contributed by atoms with Crippen molar-refractivity contribution in [2.24, 2.45) is 0 Å². The van der Waals surface area contributed by atoms with Gasteiger partial charge in [0.15, 0.2) is 0 Å². The molecule has 0 radical (unpaired) electrons. The van der Waals surface area contributed by atoms with Crippen molar-refractivity contribution >= 4 is 5.91 Å². The second kappa shape index (κ2) is 7.28. The first kappa shape index (κ1) is 14.0. The number of allylic oxidation sites excluding steroid dienone is 3. The molecule has 0 aromatic heterocycles. The monoisotopic (exact) mass is 241 g/mol. The van der Waals surface area contributed by atoms with E-state index in [2.05, 4.69) is 11.9 Å². The molecule has 1 rings (SSSR count). The average Bonchev–Trinajstić information content (AvgIpc) is 2.37. The van der Waals surface area contributed by atoms with Crippen LogP contribution in [0.5, 0.6) is 0 Å². The van der Waals surface area contributed by atoms with Crippen molar-refractivity contribution in [3.8, 4) is 0 Å². The van der Waals surface area contributed by atoms with Gasteiger partial charge in [-0.25, -0.2) is 0 Å². The summed E-state index contributed by atoms with van der Waals surface area (Å²) in [6.45, 7) is 8.10. The van der Waals surface area contributed by atoms with Gasteiger partial charge in [-0.1, -0.05) is 48.6 Å². The van der Waals surface area contributed by atoms with Crippen LogP contribution in [0.25, 0.3) is 0 Å². The third-order valence-corrected chi connectivity index (χ3v) is 2.48. The molecule has 0 unspecified atom stereocenters. The fraction of sp³-hybridized carbons (Fsp3) is 0.188. The minimum absolute atomic E-state index is 0.0607. The first-order chi connectivity index (χ1) is 8.67. The lowest BCUT2D eigenvalue weighted by atomic mass is 10.1. The number of rotatable bonds is 5. The summed E-state index contributed by atoms with van der Waals surface area (Å²) in [5, 5.41) is 2.88. The van der Waals surface area contributed by atoms with Crippen LogP contribution in [0.4, 0.5) is 0 Å². The third kappa shape index (κ3) is 4.42. The molecule has 0 bridgehead atoms. The molecule has 1 amide bonds. The fourth-order valence-electron chi connectivity index (χ4n) is 1.53. The second-order valence-corrected chi connectivity index (χ2v) is 4.03. The normalized spacial score (nSPS) is 11.6. The van der Waals surface area contributed by atoms with E-state index in [0.717, 1.165) is 11.1 Å². The highest BCUT2D eigenvalue weighted by Gasteiger charge is 2.04. The molecule has 1 aromatic carbocycles. The van der Waals surface area contributed by atoms with E-state index in [9.17, 15) is 4.79 Å². The van der Waals surface area contributed by atoms with E-state index in [1.165, 1.54) is 0 Å². The van der Waals surface area contributed by atoms with Crippen LogP contribution in [0.1, 0.15) is 22.8 Å². The summed E-state index contributed by atoms with van der Waals surface area (Å²) in [6, 6.07) is 7.52. The lowest BCUT2D eigenvalue weighted by Crippen LogP contribution is -2.25. The highest BCUT2D eigenvalue weighted by atomic mass is 16.1. The molecule has 1 N–H and O–H groups in total. The Hall–Kier alpha value is -2.09. The van der Waals surface area contributed by atoms with Gasteiger partial charge >= 0.3 is 0 Å². The van der Waals surface area contributed by atoms with Gasteiger partial charge in [-0.05, 0) is 31.6 Å². The topological polar surface area (TPSA) is 29.1 Å². The average molecular weight is 241 g/mol. The minimum Gasteiger partial charge on any atom is -0.348 e. The van der Waals surface area contributed by atoms with Gasteiger partial charge < -0.3 is 5.32 Å². The molecule has 1 aromatic rings. The summed E-state index contributed by atoms with van der Waals surface area (Å²) in [7, 11) is 0. The fourth-order valence-corrected chi connectivity index (χ4v) is 1.53. The van der Waals surface area contributed by atoms with Gasteiger partial charge in [0.2, 0.25) is 0 Å². The van der Waals surface area contributed by atoms with E-state index in [1.54, 1.807) is 6.08 Å². The van der Waals surface area contributed by atoms with Gasteiger partial charge in [0.1, 0.15) is 0 Å². The number of amides is 1. The SMILES string of the molecule is C=C/C=C(\C=C/C)CNC(=O)c1ccc(C)cc1. The van der Waals surface area contributed by atoms with Gasteiger partial charge in [-0.2, -0.15) is 0 Å². The van der Waals surface area contributed by atoms with E-state index in [1.807, 2.05) is 56.3 Å². The zero-order valence-corrected chi connectivity index (χ0v) is 10.9. The Morgan fingerprint density at radius 1 is 1.33 bits per heavy atom. The van der Waals surface area contributed by atoms with Crippen LogP contribution >= 0.6 is 0 Å². The van der Waals surface area contributed by atoms with E-state index in [0.29, 0.717) is 12.1 Å². The summed E-state index contributed by atoms with van der Waals surface area (Å²) in [5.74, 6) is -0.0607. The first-order valence-corrected chi connectivity index (χ1v) is 5.96. The van der Waals surface area contributed by atoms with Crippen LogP contribution < -0.4 is 5.32 Å². The quantitative estimate of drug-likeness (QED) is 0.786. The summed E-state index contributed by atoms with van der Waals surface area (Å²) >= 11 is 0. The van der Waals surface area contributed by atoms with Crippen LogP contribution in [-0.2, 0) is 0 Å². The van der Waals surface area contributed by atoms with Crippen molar-refractivity contribution in [3.05, 3.63) is 71.8 Å². The van der Waals surface area contributed by atoms with E-state index in [-0.39, 0.29) is 5.91 Å². The summed E-state index contributed by atoms with van der Waals surface area (Å²) < 4.78 is 0. The number of carbonyl (C=O) groups excluding carboxylic acids is 1. The van der Waals surface area contributed by atoms with Crippen molar-refractivity contribution in [1.82, 2.24) is 5.32 Å². The highest BCUT2D eigenvalue weighted by molar-refractivity contribution is 5.94. The lowest BCUT2D eigenvalue weighted by molar-refractivity contribution is 0.0957. The zero-order chi connectivity index (χ0) is 13.4. The van der Waals surface area contributed by atoms with Crippen LogP contribution in [0.3, 0.4) is 0 Å². The zero-order valence-electron chi connectivity index (χ0n) is 10.9. The largest absolute Gasteiger partial charge is 0.348 e. The van der Waals surface area contributed by atoms with Crippen LogP contribution in [0.2, 0.25) is 0 Å². The molecule has 2 nitrogen and oxygen atoms in total. The standard InChI is InChI=1S/C16H19NO/c1-4-6-14(7-5-2)12-17-16(18)15-10-8-13(3)9-11-15/h4-11H,1,12H2,2-3H3,(H,17,18)/b7-5-,14-6+. The second-order valence-electron chi connectivity index (χ2n) is 4.03. The number of hydrogen-bond donors (Lipinski definition) is 1. The Labute approximate surface area is 109 Å². The maximum absolute atomic E-state index is 11.9. The Balaban J connectivity index is 2.62. The molecule has 0 atom stereocenters. The smallest absolute Gasteiger partial charge is 0.251 e.